The summed E-state index contributed by atoms with van der Waals surface area (Å²) in [6.07, 6.45) is -2.54. The van der Waals surface area contributed by atoms with Crippen LogP contribution in [0.3, 0.4) is 0 Å². The van der Waals surface area contributed by atoms with Crippen molar-refractivity contribution < 1.29 is 46.5 Å². The molecule has 0 aliphatic rings. The maximum absolute atomic E-state index is 8.62. The molecule has 1 radical (unpaired) electrons. The van der Waals surface area contributed by atoms with Crippen LogP contribution in [-0.2, 0) is 32.9 Å². The monoisotopic (exact) mass is 844 g/mol. The van der Waals surface area contributed by atoms with E-state index in [2.05, 4.69) is 27.1 Å². The van der Waals surface area contributed by atoms with Gasteiger partial charge in [-0.05, 0) is 84.6 Å². The van der Waals surface area contributed by atoms with Crippen molar-refractivity contribution in [3.63, 3.8) is 0 Å². The summed E-state index contributed by atoms with van der Waals surface area (Å²) in [5.41, 5.74) is 2.83. The van der Waals surface area contributed by atoms with Gasteiger partial charge in [0.05, 0.1) is 5.58 Å². The van der Waals surface area contributed by atoms with Crippen LogP contribution in [0.4, 0.5) is 0 Å². The Morgan fingerprint density at radius 2 is 1.48 bits per heavy atom. The van der Waals surface area contributed by atoms with Gasteiger partial charge in [-0.2, -0.15) is 0 Å². The van der Waals surface area contributed by atoms with Crippen LogP contribution in [-0.4, -0.2) is 15.0 Å². The molecule has 0 atom stereocenters. The fourth-order valence-corrected chi connectivity index (χ4v) is 5.18. The molecule has 8 aromatic rings. The smallest absolute Gasteiger partial charge is 0.216 e. The van der Waals surface area contributed by atoms with E-state index in [0.29, 0.717) is 27.6 Å². The largest absolute Gasteiger partial charge is 0.486 e. The Hall–Kier alpha value is -5.22. The van der Waals surface area contributed by atoms with Crippen LogP contribution >= 0.6 is 0 Å². The summed E-state index contributed by atoms with van der Waals surface area (Å²) in [4.78, 5) is 12.8. The van der Waals surface area contributed by atoms with Crippen LogP contribution in [0.2, 0.25) is 0 Å². The number of aromatic nitrogens is 3. The van der Waals surface area contributed by atoms with Crippen molar-refractivity contribution in [1.29, 1.82) is 0 Å². The molecule has 50 heavy (non-hydrogen) atoms. The summed E-state index contributed by atoms with van der Waals surface area (Å²) in [6.45, 7) is -9.86. The van der Waals surface area contributed by atoms with Gasteiger partial charge in [0.1, 0.15) is 0 Å². The molecule has 8 rings (SSSR count). The van der Waals surface area contributed by atoms with Gasteiger partial charge in [0.15, 0.2) is 0 Å². The average molecular weight is 844 g/mol. The van der Waals surface area contributed by atoms with Crippen LogP contribution in [0.5, 0.6) is 0 Å². The van der Waals surface area contributed by atoms with E-state index < -0.39 is 40.2 Å². The summed E-state index contributed by atoms with van der Waals surface area (Å²) >= 11 is 0. The molecule has 0 bridgehead atoms. The van der Waals surface area contributed by atoms with E-state index in [0.717, 1.165) is 11.8 Å². The minimum absolute atomic E-state index is 0. The summed E-state index contributed by atoms with van der Waals surface area (Å²) in [7, 11) is 0. The second-order valence-corrected chi connectivity index (χ2v) is 11.0. The van der Waals surface area contributed by atoms with Crippen molar-refractivity contribution in [2.24, 2.45) is 0 Å². The van der Waals surface area contributed by atoms with E-state index in [4.69, 9.17) is 26.3 Å². The molecule has 0 aliphatic heterocycles. The number of aryl methyl sites for hydroxylation is 6. The average Bonchev–Trinajstić information content (AvgIpc) is 3.64. The van der Waals surface area contributed by atoms with Crippen LogP contribution in [0.1, 0.15) is 55.4 Å². The predicted molar refractivity (Wildman–Crippen MR) is 200 cm³/mol. The van der Waals surface area contributed by atoms with Gasteiger partial charge in [0, 0.05) is 65.5 Å². The summed E-state index contributed by atoms with van der Waals surface area (Å²) in [6, 6.07) is 36.9. The second-order valence-electron chi connectivity index (χ2n) is 11.0. The molecule has 0 saturated carbocycles. The third-order valence-corrected chi connectivity index (χ3v) is 7.64. The molecule has 4 aromatic heterocycles. The van der Waals surface area contributed by atoms with Crippen LogP contribution < -0.4 is 0 Å². The molecular formula is C45H37IrN3O-2. The van der Waals surface area contributed by atoms with Gasteiger partial charge in [0.25, 0.3) is 0 Å². The zero-order valence-corrected chi connectivity index (χ0v) is 28.6. The number of nitrogens with zero attached hydrogens (tertiary/aromatic N) is 3. The Kier molecular flexibility index (Phi) is 6.17. The molecule has 0 amide bonds. The van der Waals surface area contributed by atoms with Crippen molar-refractivity contribution in [1.82, 2.24) is 15.0 Å². The number of rotatable bonds is 6. The third-order valence-electron chi connectivity index (χ3n) is 7.64. The molecule has 4 aromatic carbocycles. The van der Waals surface area contributed by atoms with Crippen LogP contribution in [0.25, 0.3) is 55.7 Å². The molecule has 0 saturated heterocycles. The van der Waals surface area contributed by atoms with Gasteiger partial charge in [-0.1, -0.05) is 96.2 Å². The molecule has 0 spiro atoms. The van der Waals surface area contributed by atoms with Gasteiger partial charge in [-0.25, -0.2) is 4.98 Å². The van der Waals surface area contributed by atoms with E-state index in [1.165, 1.54) is 42.6 Å². The van der Waals surface area contributed by atoms with Gasteiger partial charge in [0.2, 0.25) is 5.71 Å². The second kappa shape index (κ2) is 15.6. The number of fused-ring (bicyclic) bond motifs is 3. The first-order valence-corrected chi connectivity index (χ1v) is 15.2. The van der Waals surface area contributed by atoms with Gasteiger partial charge in [-0.3, -0.25) is 0 Å². The predicted octanol–water partition coefficient (Wildman–Crippen LogP) is 11.1. The molecule has 4 heterocycles. The Morgan fingerprint density at radius 1 is 0.700 bits per heavy atom. The van der Waals surface area contributed by atoms with E-state index in [1.54, 1.807) is 48.5 Å². The summed E-state index contributed by atoms with van der Waals surface area (Å²) in [5, 5.41) is 1.09. The summed E-state index contributed by atoms with van der Waals surface area (Å²) < 4.78 is 132. The standard InChI is InChI=1S/C26H21N2O.C19H16N.Ir/c1-17-15-24(27-16-18(17)2)23-10-6-9-21-22-14-13-20(28-26(22)29-25(21)23)12-11-19-7-4-3-5-8-19;1-14-8-10-17(11-9-14)19-12-18(15(2)13-20-19)16-6-4-3-5-7-16;/h3-9,13-16H,11-12H2,1-2H3;3-10,12-13H,1-2H3;/q2*-1;/i1D3,2D3,11D2,12D2;1D3,2D3;. The Labute approximate surface area is 330 Å². The zero-order valence-electron chi connectivity index (χ0n) is 42.2. The molecule has 0 aliphatic carbocycles. The third kappa shape index (κ3) is 7.65. The number of benzene rings is 4. The van der Waals surface area contributed by atoms with Gasteiger partial charge < -0.3 is 14.4 Å². The number of pyridine rings is 3. The van der Waals surface area contributed by atoms with Crippen molar-refractivity contribution in [2.75, 3.05) is 0 Å². The van der Waals surface area contributed by atoms with E-state index in [9.17, 15) is 0 Å². The van der Waals surface area contributed by atoms with Gasteiger partial charge >= 0.3 is 0 Å². The number of hydrogen-bond donors (Lipinski definition) is 0. The van der Waals surface area contributed by atoms with Gasteiger partial charge in [-0.15, -0.1) is 53.6 Å². The Bertz CT molecular complexity index is 2980. The maximum atomic E-state index is 8.62. The first-order valence-electron chi connectivity index (χ1n) is 23.2. The molecule has 249 valence electrons. The van der Waals surface area contributed by atoms with Crippen molar-refractivity contribution in [2.45, 2.75) is 40.2 Å². The van der Waals surface area contributed by atoms with E-state index >= 15 is 0 Å². The quantitative estimate of drug-likeness (QED) is 0.157. The van der Waals surface area contributed by atoms with E-state index in [-0.39, 0.29) is 76.2 Å². The SMILES string of the molecule is [2H]C([2H])([2H])c1c[c-]c(-c2cc(-c3ccccc3)c(C([2H])([2H])[2H])cn2)cc1.[2H]C([2H])([2H])c1cnc(-c2[c-]ccc3c2oc2nc(C([2H])([2H])C([2H])([2H])c4ccccc4)ccc23)cc1C([2H])([2H])[2H].[Ir]. The Morgan fingerprint density at radius 3 is 2.24 bits per heavy atom. The van der Waals surface area contributed by atoms with Crippen LogP contribution in [0.15, 0.2) is 132 Å². The topological polar surface area (TPSA) is 51.8 Å². The fraction of sp³-hybridized carbons (Fsp3) is 0.133. The minimum atomic E-state index is -2.71. The van der Waals surface area contributed by atoms with E-state index in [1.807, 2.05) is 30.3 Å². The Balaban J connectivity index is 0.000000233. The van der Waals surface area contributed by atoms with Crippen molar-refractivity contribution >= 4 is 22.1 Å². The number of hydrogen-bond acceptors (Lipinski definition) is 4. The number of furan rings is 1. The van der Waals surface area contributed by atoms with Crippen molar-refractivity contribution in [3.8, 4) is 33.6 Å². The normalized spacial score (nSPS) is 17.1. The first kappa shape index (κ1) is 19.8. The molecule has 5 heteroatoms. The maximum Gasteiger partial charge on any atom is 0.216 e. The molecule has 0 unspecified atom stereocenters. The van der Waals surface area contributed by atoms with Crippen LogP contribution in [0, 0.1) is 39.5 Å². The molecule has 0 N–H and O–H groups in total. The summed E-state index contributed by atoms with van der Waals surface area (Å²) in [5.74, 6) is 0. The minimum Gasteiger partial charge on any atom is -0.486 e. The molecular weight excluding hydrogens is 791 g/mol. The fourth-order valence-electron chi connectivity index (χ4n) is 5.18. The molecule has 0 fully saturated rings. The van der Waals surface area contributed by atoms with Crippen molar-refractivity contribution in [3.05, 3.63) is 173 Å². The molecule has 4 nitrogen and oxygen atoms in total. The zero-order chi connectivity index (χ0) is 47.3. The first-order chi connectivity index (χ1) is 30.3.